The molecule has 0 amide bonds. The number of nitrogens with two attached hydrogens (primary N) is 1. The molecule has 2 saturated heterocycles. The van der Waals surface area contributed by atoms with E-state index in [2.05, 4.69) is 11.8 Å². The van der Waals surface area contributed by atoms with Crippen molar-refractivity contribution >= 4 is 9.84 Å². The summed E-state index contributed by atoms with van der Waals surface area (Å²) in [6.45, 7) is 4.50. The number of likely N-dealkylation sites (tertiary alicyclic amines) is 1. The van der Waals surface area contributed by atoms with Gasteiger partial charge in [-0.1, -0.05) is 0 Å². The molecule has 0 aromatic rings. The van der Waals surface area contributed by atoms with E-state index in [0.29, 0.717) is 19.4 Å². The minimum Gasteiger partial charge on any atom is -0.377 e. The van der Waals surface area contributed by atoms with Gasteiger partial charge in [0.15, 0.2) is 0 Å². The molecule has 112 valence electrons. The highest BCUT2D eigenvalue weighted by atomic mass is 32.2. The van der Waals surface area contributed by atoms with Crippen LogP contribution in [0, 0.1) is 0 Å². The highest BCUT2D eigenvalue weighted by molar-refractivity contribution is 7.91. The lowest BCUT2D eigenvalue weighted by Crippen LogP contribution is -2.63. The Balaban J connectivity index is 2.13. The Hall–Kier alpha value is -0.170. The van der Waals surface area contributed by atoms with Crippen molar-refractivity contribution in [3.05, 3.63) is 0 Å². The molecule has 0 aliphatic carbocycles. The van der Waals surface area contributed by atoms with Crippen molar-refractivity contribution in [2.75, 3.05) is 38.2 Å². The molecular weight excluding hydrogens is 264 g/mol. The Morgan fingerprint density at radius 2 is 1.89 bits per heavy atom. The summed E-state index contributed by atoms with van der Waals surface area (Å²) in [5, 5.41) is 0. The quantitative estimate of drug-likeness (QED) is 0.814. The molecule has 19 heavy (non-hydrogen) atoms. The first kappa shape index (κ1) is 15.2. The monoisotopic (exact) mass is 290 g/mol. The molecule has 6 heteroatoms. The van der Waals surface area contributed by atoms with Gasteiger partial charge in [0, 0.05) is 25.7 Å². The summed E-state index contributed by atoms with van der Waals surface area (Å²) in [7, 11) is -1.10. The number of sulfone groups is 1. The van der Waals surface area contributed by atoms with Gasteiger partial charge in [-0.2, -0.15) is 0 Å². The fraction of sp³-hybridized carbons (Fsp3) is 1.00. The predicted molar refractivity (Wildman–Crippen MR) is 75.9 cm³/mol. The van der Waals surface area contributed by atoms with Crippen LogP contribution in [0.2, 0.25) is 0 Å². The van der Waals surface area contributed by atoms with Gasteiger partial charge >= 0.3 is 0 Å². The fourth-order valence-corrected chi connectivity index (χ4v) is 4.93. The molecule has 2 N–H and O–H groups in total. The lowest BCUT2D eigenvalue weighted by Gasteiger charge is -2.51. The first-order valence-electron chi connectivity index (χ1n) is 7.06. The first-order valence-corrected chi connectivity index (χ1v) is 8.88. The average Bonchev–Trinajstić information content (AvgIpc) is 2.40. The summed E-state index contributed by atoms with van der Waals surface area (Å²) < 4.78 is 28.9. The molecule has 2 rings (SSSR count). The first-order chi connectivity index (χ1) is 8.85. The topological polar surface area (TPSA) is 72.6 Å². The van der Waals surface area contributed by atoms with E-state index in [0.717, 1.165) is 25.9 Å². The molecular formula is C13H26N2O3S. The van der Waals surface area contributed by atoms with E-state index in [1.165, 1.54) is 0 Å². The van der Waals surface area contributed by atoms with Crippen molar-refractivity contribution in [3.8, 4) is 0 Å². The lowest BCUT2D eigenvalue weighted by molar-refractivity contribution is -0.0820. The van der Waals surface area contributed by atoms with Crippen molar-refractivity contribution in [2.45, 2.75) is 43.7 Å². The van der Waals surface area contributed by atoms with Crippen LogP contribution in [0.15, 0.2) is 0 Å². The number of ether oxygens (including phenoxy) is 1. The summed E-state index contributed by atoms with van der Waals surface area (Å²) in [6.07, 6.45) is 3.45. The van der Waals surface area contributed by atoms with E-state index >= 15 is 0 Å². The van der Waals surface area contributed by atoms with Crippen LogP contribution in [0.1, 0.15) is 32.6 Å². The van der Waals surface area contributed by atoms with Crippen LogP contribution in [0.3, 0.4) is 0 Å². The van der Waals surface area contributed by atoms with Crippen LogP contribution in [0.25, 0.3) is 0 Å². The number of piperidine rings is 1. The van der Waals surface area contributed by atoms with Gasteiger partial charge in [-0.3, -0.25) is 4.90 Å². The van der Waals surface area contributed by atoms with Gasteiger partial charge < -0.3 is 10.5 Å². The Bertz CT molecular complexity index is 410. The summed E-state index contributed by atoms with van der Waals surface area (Å²) in [5.74, 6) is 0.537. The molecule has 5 nitrogen and oxygen atoms in total. The fourth-order valence-electron chi connectivity index (χ4n) is 3.34. The second-order valence-electron chi connectivity index (χ2n) is 6.26. The zero-order valence-electron chi connectivity index (χ0n) is 12.0. The molecule has 0 bridgehead atoms. The standard InChI is InChI=1S/C13H26N2O3S/c1-12(18-2)4-3-7-15(11-12)13(10-14)5-8-19(16,17)9-6-13/h3-11,14H2,1-2H3. The molecule has 0 radical (unpaired) electrons. The molecule has 0 aromatic carbocycles. The third kappa shape index (κ3) is 3.12. The number of hydrogen-bond donors (Lipinski definition) is 1. The van der Waals surface area contributed by atoms with Crippen LogP contribution < -0.4 is 5.73 Å². The summed E-state index contributed by atoms with van der Waals surface area (Å²) in [4.78, 5) is 2.38. The maximum absolute atomic E-state index is 11.6. The van der Waals surface area contributed by atoms with Gasteiger partial charge in [0.05, 0.1) is 17.1 Å². The van der Waals surface area contributed by atoms with E-state index in [1.54, 1.807) is 7.11 Å². The average molecular weight is 290 g/mol. The van der Waals surface area contributed by atoms with Crippen molar-refractivity contribution in [2.24, 2.45) is 5.73 Å². The second-order valence-corrected chi connectivity index (χ2v) is 8.56. The minimum atomic E-state index is -2.85. The number of nitrogens with zero attached hydrogens (tertiary/aromatic N) is 1. The maximum atomic E-state index is 11.6. The van der Waals surface area contributed by atoms with E-state index in [-0.39, 0.29) is 22.6 Å². The molecule has 0 aromatic heterocycles. The molecule has 1 unspecified atom stereocenters. The molecule has 2 fully saturated rings. The van der Waals surface area contributed by atoms with Gasteiger partial charge in [0.2, 0.25) is 0 Å². The van der Waals surface area contributed by atoms with Gasteiger partial charge in [0.1, 0.15) is 9.84 Å². The third-order valence-corrected chi connectivity index (χ3v) is 6.61. The lowest BCUT2D eigenvalue weighted by atomic mass is 9.84. The molecule has 1 atom stereocenters. The summed E-state index contributed by atoms with van der Waals surface area (Å²) >= 11 is 0. The van der Waals surface area contributed by atoms with Gasteiger partial charge in [-0.15, -0.1) is 0 Å². The van der Waals surface area contributed by atoms with Gasteiger partial charge in [0.25, 0.3) is 0 Å². The zero-order valence-corrected chi connectivity index (χ0v) is 12.8. The molecule has 2 aliphatic rings. The zero-order chi connectivity index (χ0) is 14.1. The Morgan fingerprint density at radius 1 is 1.26 bits per heavy atom. The molecule has 0 saturated carbocycles. The Kier molecular flexibility index (Phi) is 4.26. The molecule has 2 heterocycles. The van der Waals surface area contributed by atoms with Crippen molar-refractivity contribution in [3.63, 3.8) is 0 Å². The van der Waals surface area contributed by atoms with Crippen LogP contribution in [0.5, 0.6) is 0 Å². The van der Waals surface area contributed by atoms with Gasteiger partial charge in [-0.25, -0.2) is 8.42 Å². The van der Waals surface area contributed by atoms with Crippen molar-refractivity contribution in [1.82, 2.24) is 4.90 Å². The number of methoxy groups -OCH3 is 1. The van der Waals surface area contributed by atoms with E-state index in [4.69, 9.17) is 10.5 Å². The minimum absolute atomic E-state index is 0.128. The second kappa shape index (κ2) is 5.31. The largest absolute Gasteiger partial charge is 0.377 e. The molecule has 0 spiro atoms. The van der Waals surface area contributed by atoms with E-state index in [9.17, 15) is 8.42 Å². The maximum Gasteiger partial charge on any atom is 0.150 e. The van der Waals surface area contributed by atoms with Crippen molar-refractivity contribution in [1.29, 1.82) is 0 Å². The van der Waals surface area contributed by atoms with Crippen LogP contribution >= 0.6 is 0 Å². The van der Waals surface area contributed by atoms with Crippen LogP contribution in [-0.2, 0) is 14.6 Å². The van der Waals surface area contributed by atoms with Gasteiger partial charge in [-0.05, 0) is 39.2 Å². The van der Waals surface area contributed by atoms with E-state index in [1.807, 2.05) is 0 Å². The van der Waals surface area contributed by atoms with Crippen LogP contribution in [-0.4, -0.2) is 62.7 Å². The summed E-state index contributed by atoms with van der Waals surface area (Å²) in [5.41, 5.74) is 5.73. The Labute approximate surface area is 116 Å². The highest BCUT2D eigenvalue weighted by Gasteiger charge is 2.44. The van der Waals surface area contributed by atoms with E-state index < -0.39 is 9.84 Å². The normalized spacial score (nSPS) is 35.1. The highest BCUT2D eigenvalue weighted by Crippen LogP contribution is 2.35. The SMILES string of the molecule is COC1(C)CCCN(C2(CN)CCS(=O)(=O)CC2)C1. The predicted octanol–water partition coefficient (Wildman–Crippen LogP) is 0.393. The number of rotatable bonds is 3. The smallest absolute Gasteiger partial charge is 0.150 e. The molecule has 2 aliphatic heterocycles. The summed E-state index contributed by atoms with van der Waals surface area (Å²) in [6, 6.07) is 0. The Morgan fingerprint density at radius 3 is 2.42 bits per heavy atom. The number of hydrogen-bond acceptors (Lipinski definition) is 5. The van der Waals surface area contributed by atoms with Crippen LogP contribution in [0.4, 0.5) is 0 Å². The third-order valence-electron chi connectivity index (χ3n) is 4.96. The van der Waals surface area contributed by atoms with Crippen molar-refractivity contribution < 1.29 is 13.2 Å².